The summed E-state index contributed by atoms with van der Waals surface area (Å²) in [7, 11) is 2.20. The standard InChI is InChI=1S/C13H20BrN3/c1-10-12(14)3-4-13(16-10)15-9-11-5-7-17(2)8-6-11/h3-4,11H,5-9H2,1-2H3,(H,15,16). The van der Waals surface area contributed by atoms with Gasteiger partial charge < -0.3 is 10.2 Å². The Labute approximate surface area is 112 Å². The minimum absolute atomic E-state index is 0.789. The number of likely N-dealkylation sites (tertiary alicyclic amines) is 1. The van der Waals surface area contributed by atoms with Crippen LogP contribution < -0.4 is 5.32 Å². The van der Waals surface area contributed by atoms with Crippen LogP contribution in [0.15, 0.2) is 16.6 Å². The first kappa shape index (κ1) is 12.8. The molecule has 3 nitrogen and oxygen atoms in total. The van der Waals surface area contributed by atoms with Crippen molar-refractivity contribution in [1.29, 1.82) is 0 Å². The molecule has 1 fully saturated rings. The lowest BCUT2D eigenvalue weighted by Gasteiger charge is -2.29. The number of anilines is 1. The van der Waals surface area contributed by atoms with Crippen molar-refractivity contribution in [3.05, 3.63) is 22.3 Å². The lowest BCUT2D eigenvalue weighted by molar-refractivity contribution is 0.226. The average Bonchev–Trinajstić information content (AvgIpc) is 2.33. The predicted octanol–water partition coefficient (Wildman–Crippen LogP) is 2.91. The van der Waals surface area contributed by atoms with Crippen molar-refractivity contribution in [2.75, 3.05) is 32.0 Å². The Morgan fingerprint density at radius 2 is 2.12 bits per heavy atom. The molecule has 0 unspecified atom stereocenters. The van der Waals surface area contributed by atoms with Gasteiger partial charge in [0.05, 0.1) is 5.69 Å². The molecule has 1 aromatic heterocycles. The highest BCUT2D eigenvalue weighted by atomic mass is 79.9. The molecule has 0 aliphatic carbocycles. The van der Waals surface area contributed by atoms with Crippen molar-refractivity contribution in [2.45, 2.75) is 19.8 Å². The van der Waals surface area contributed by atoms with Crippen LogP contribution in [0, 0.1) is 12.8 Å². The number of rotatable bonds is 3. The van der Waals surface area contributed by atoms with Crippen LogP contribution >= 0.6 is 15.9 Å². The first-order chi connectivity index (χ1) is 8.15. The summed E-state index contributed by atoms with van der Waals surface area (Å²) < 4.78 is 1.07. The van der Waals surface area contributed by atoms with Crippen LogP contribution in [0.1, 0.15) is 18.5 Å². The molecule has 17 heavy (non-hydrogen) atoms. The van der Waals surface area contributed by atoms with Gasteiger partial charge in [0.2, 0.25) is 0 Å². The number of halogens is 1. The number of piperidine rings is 1. The van der Waals surface area contributed by atoms with Gasteiger partial charge in [-0.2, -0.15) is 0 Å². The molecule has 1 aliphatic rings. The zero-order valence-corrected chi connectivity index (χ0v) is 12.1. The third-order valence-corrected chi connectivity index (χ3v) is 4.27. The van der Waals surface area contributed by atoms with Gasteiger partial charge in [0.1, 0.15) is 5.82 Å². The molecule has 1 aromatic rings. The number of hydrogen-bond acceptors (Lipinski definition) is 3. The van der Waals surface area contributed by atoms with Crippen LogP contribution in [0.3, 0.4) is 0 Å². The molecule has 2 rings (SSSR count). The lowest BCUT2D eigenvalue weighted by atomic mass is 9.97. The fraction of sp³-hybridized carbons (Fsp3) is 0.615. The molecule has 0 saturated carbocycles. The maximum Gasteiger partial charge on any atom is 0.126 e. The number of nitrogens with zero attached hydrogens (tertiary/aromatic N) is 2. The Morgan fingerprint density at radius 1 is 1.41 bits per heavy atom. The Bertz CT molecular complexity index is 373. The van der Waals surface area contributed by atoms with E-state index in [0.29, 0.717) is 0 Å². The van der Waals surface area contributed by atoms with Gasteiger partial charge in [-0.3, -0.25) is 0 Å². The first-order valence-corrected chi connectivity index (χ1v) is 7.00. The van der Waals surface area contributed by atoms with Crippen LogP contribution in [0.5, 0.6) is 0 Å². The summed E-state index contributed by atoms with van der Waals surface area (Å²) in [5, 5.41) is 3.45. The molecule has 0 bridgehead atoms. The molecule has 4 heteroatoms. The van der Waals surface area contributed by atoms with E-state index < -0.39 is 0 Å². The maximum absolute atomic E-state index is 4.50. The predicted molar refractivity (Wildman–Crippen MR) is 75.4 cm³/mol. The molecular formula is C13H20BrN3. The van der Waals surface area contributed by atoms with Gasteiger partial charge in [0.15, 0.2) is 0 Å². The second-order valence-electron chi connectivity index (χ2n) is 4.89. The van der Waals surface area contributed by atoms with Gasteiger partial charge >= 0.3 is 0 Å². The molecular weight excluding hydrogens is 278 g/mol. The van der Waals surface area contributed by atoms with Crippen LogP contribution in [-0.4, -0.2) is 36.6 Å². The van der Waals surface area contributed by atoms with E-state index in [1.165, 1.54) is 25.9 Å². The average molecular weight is 298 g/mol. The van der Waals surface area contributed by atoms with Crippen molar-refractivity contribution in [3.63, 3.8) is 0 Å². The van der Waals surface area contributed by atoms with E-state index in [1.807, 2.05) is 13.0 Å². The van der Waals surface area contributed by atoms with E-state index in [9.17, 15) is 0 Å². The third kappa shape index (κ3) is 3.68. The largest absolute Gasteiger partial charge is 0.370 e. The number of hydrogen-bond donors (Lipinski definition) is 1. The molecule has 0 spiro atoms. The first-order valence-electron chi connectivity index (χ1n) is 6.20. The molecule has 0 radical (unpaired) electrons. The second kappa shape index (κ2) is 5.83. The molecule has 1 aliphatic heterocycles. The Balaban J connectivity index is 1.83. The molecule has 0 amide bonds. The summed E-state index contributed by atoms with van der Waals surface area (Å²) in [4.78, 5) is 6.90. The Morgan fingerprint density at radius 3 is 2.76 bits per heavy atom. The minimum atomic E-state index is 0.789. The Kier molecular flexibility index (Phi) is 4.40. The van der Waals surface area contributed by atoms with Crippen molar-refractivity contribution >= 4 is 21.7 Å². The SMILES string of the molecule is Cc1nc(NCC2CCN(C)CC2)ccc1Br. The van der Waals surface area contributed by atoms with Crippen LogP contribution in [0.4, 0.5) is 5.82 Å². The highest BCUT2D eigenvalue weighted by Crippen LogP contribution is 2.19. The summed E-state index contributed by atoms with van der Waals surface area (Å²) in [6.07, 6.45) is 2.58. The van der Waals surface area contributed by atoms with E-state index in [-0.39, 0.29) is 0 Å². The fourth-order valence-corrected chi connectivity index (χ4v) is 2.38. The molecule has 1 N–H and O–H groups in total. The highest BCUT2D eigenvalue weighted by molar-refractivity contribution is 9.10. The summed E-state index contributed by atoms with van der Waals surface area (Å²) in [6.45, 7) is 5.50. The smallest absolute Gasteiger partial charge is 0.126 e. The van der Waals surface area contributed by atoms with Crippen molar-refractivity contribution in [3.8, 4) is 0 Å². The Hall–Kier alpha value is -0.610. The molecule has 1 saturated heterocycles. The third-order valence-electron chi connectivity index (χ3n) is 3.43. The fourth-order valence-electron chi connectivity index (χ4n) is 2.16. The quantitative estimate of drug-likeness (QED) is 0.930. The number of aromatic nitrogens is 1. The van der Waals surface area contributed by atoms with Crippen molar-refractivity contribution in [2.24, 2.45) is 5.92 Å². The normalized spacial score (nSPS) is 18.3. The summed E-state index contributed by atoms with van der Waals surface area (Å²) in [5.41, 5.74) is 1.04. The number of nitrogens with one attached hydrogen (secondary N) is 1. The second-order valence-corrected chi connectivity index (χ2v) is 5.75. The van der Waals surface area contributed by atoms with Crippen molar-refractivity contribution < 1.29 is 0 Å². The molecule has 2 heterocycles. The van der Waals surface area contributed by atoms with E-state index in [2.05, 4.69) is 44.2 Å². The van der Waals surface area contributed by atoms with Gasteiger partial charge in [-0.25, -0.2) is 4.98 Å². The summed E-state index contributed by atoms with van der Waals surface area (Å²) in [6, 6.07) is 4.09. The van der Waals surface area contributed by atoms with E-state index >= 15 is 0 Å². The van der Waals surface area contributed by atoms with Crippen molar-refractivity contribution in [1.82, 2.24) is 9.88 Å². The van der Waals surface area contributed by atoms with Crippen LogP contribution in [-0.2, 0) is 0 Å². The lowest BCUT2D eigenvalue weighted by Crippen LogP contribution is -2.33. The van der Waals surface area contributed by atoms with Crippen LogP contribution in [0.25, 0.3) is 0 Å². The zero-order valence-electron chi connectivity index (χ0n) is 10.5. The molecule has 0 aromatic carbocycles. The van der Waals surface area contributed by atoms with E-state index in [1.54, 1.807) is 0 Å². The summed E-state index contributed by atoms with van der Waals surface area (Å²) in [5.74, 6) is 1.78. The van der Waals surface area contributed by atoms with E-state index in [0.717, 1.165) is 28.4 Å². The summed E-state index contributed by atoms with van der Waals surface area (Å²) >= 11 is 3.47. The van der Waals surface area contributed by atoms with Crippen LogP contribution in [0.2, 0.25) is 0 Å². The van der Waals surface area contributed by atoms with Gasteiger partial charge in [-0.05, 0) is 73.9 Å². The zero-order chi connectivity index (χ0) is 12.3. The highest BCUT2D eigenvalue weighted by Gasteiger charge is 2.16. The molecule has 0 atom stereocenters. The topological polar surface area (TPSA) is 28.2 Å². The van der Waals surface area contributed by atoms with Gasteiger partial charge in [0, 0.05) is 11.0 Å². The monoisotopic (exact) mass is 297 g/mol. The van der Waals surface area contributed by atoms with Gasteiger partial charge in [-0.1, -0.05) is 0 Å². The molecule has 94 valence electrons. The maximum atomic E-state index is 4.50. The van der Waals surface area contributed by atoms with Gasteiger partial charge in [-0.15, -0.1) is 0 Å². The minimum Gasteiger partial charge on any atom is -0.370 e. The van der Waals surface area contributed by atoms with E-state index in [4.69, 9.17) is 0 Å². The van der Waals surface area contributed by atoms with Gasteiger partial charge in [0.25, 0.3) is 0 Å². The number of aryl methyl sites for hydroxylation is 1. The number of pyridine rings is 1.